The number of ether oxygens (including phenoxy) is 8. The van der Waals surface area contributed by atoms with Crippen molar-refractivity contribution in [1.29, 1.82) is 0 Å². The van der Waals surface area contributed by atoms with E-state index in [1.807, 2.05) is 123 Å². The van der Waals surface area contributed by atoms with Gasteiger partial charge in [-0.15, -0.1) is 0 Å². The fourth-order valence-corrected chi connectivity index (χ4v) is 7.23. The number of rotatable bonds is 21. The lowest BCUT2D eigenvalue weighted by molar-refractivity contribution is -0.329. The van der Waals surface area contributed by atoms with Gasteiger partial charge in [-0.1, -0.05) is 148 Å². The van der Waals surface area contributed by atoms with Crippen LogP contribution in [0.4, 0.5) is 0 Å². The number of nitrogens with two attached hydrogens (primary N) is 1. The molecule has 4 aromatic rings. The normalized spacial score (nSPS) is 25.5. The van der Waals surface area contributed by atoms with Gasteiger partial charge in [-0.25, -0.2) is 0 Å². The summed E-state index contributed by atoms with van der Waals surface area (Å²) in [5.74, 6) is -0.733. The largest absolute Gasteiger partial charge is 0.374 e. The van der Waals surface area contributed by atoms with Gasteiger partial charge in [0.1, 0.15) is 30.5 Å². The third kappa shape index (κ3) is 12.5. The third-order valence-electron chi connectivity index (χ3n) is 10.0. The van der Waals surface area contributed by atoms with Crippen molar-refractivity contribution in [3.8, 4) is 0 Å². The van der Waals surface area contributed by atoms with Crippen molar-refractivity contribution < 1.29 is 37.9 Å². The quantitative estimate of drug-likeness (QED) is 0.0846. The Morgan fingerprint density at radius 2 is 1.07 bits per heavy atom. The molecule has 2 aliphatic rings. The Kier molecular flexibility index (Phi) is 15.8. The molecule has 0 saturated carbocycles. The average Bonchev–Trinajstić information content (AvgIpc) is 3.53. The van der Waals surface area contributed by atoms with E-state index in [4.69, 9.17) is 43.6 Å². The van der Waals surface area contributed by atoms with Crippen LogP contribution < -0.4 is 5.73 Å². The first-order valence-electron chi connectivity index (χ1n) is 19.8. The second-order valence-electron chi connectivity index (χ2n) is 15.0. The first-order valence-corrected chi connectivity index (χ1v) is 19.8. The Morgan fingerprint density at radius 3 is 1.60 bits per heavy atom. The summed E-state index contributed by atoms with van der Waals surface area (Å²) in [6.07, 6.45) is 0.440. The zero-order chi connectivity index (χ0) is 38.3. The average molecular weight is 754 g/mol. The standard InChI is InChI=1S/C46H59NO8/c1-4-5-10-27-39-41(55-46(2,3)54-39)38(47)32-52-45-44(51-31-37-25-17-9-18-26-37)43(50-30-36-23-15-8-16-24-36)42(49-29-35-21-13-7-14-22-35)40(53-45)33-48-28-34-19-11-6-12-20-34/h6-9,11-26,38-45H,4-5,10,27-33,47H2,1-3H3/t38-,39+,40?,41-,42?,43?,44?,45?/m0/s1. The van der Waals surface area contributed by atoms with E-state index in [0.29, 0.717) is 26.4 Å². The van der Waals surface area contributed by atoms with Gasteiger partial charge in [0.25, 0.3) is 0 Å². The lowest BCUT2D eigenvalue weighted by Gasteiger charge is -2.46. The van der Waals surface area contributed by atoms with Crippen molar-refractivity contribution in [3.63, 3.8) is 0 Å². The van der Waals surface area contributed by atoms with E-state index >= 15 is 0 Å². The molecule has 55 heavy (non-hydrogen) atoms. The molecule has 0 aromatic heterocycles. The van der Waals surface area contributed by atoms with Gasteiger partial charge >= 0.3 is 0 Å². The molecule has 8 atom stereocenters. The van der Waals surface area contributed by atoms with E-state index in [2.05, 4.69) is 19.1 Å². The van der Waals surface area contributed by atoms with Crippen LogP contribution in [0.2, 0.25) is 0 Å². The molecule has 0 aliphatic carbocycles. The number of benzene rings is 4. The maximum absolute atomic E-state index is 6.90. The summed E-state index contributed by atoms with van der Waals surface area (Å²) in [4.78, 5) is 0. The minimum Gasteiger partial charge on any atom is -0.374 e. The highest BCUT2D eigenvalue weighted by Crippen LogP contribution is 2.34. The molecular formula is C46H59NO8. The maximum Gasteiger partial charge on any atom is 0.187 e. The molecule has 0 amide bonds. The Bertz CT molecular complexity index is 1630. The van der Waals surface area contributed by atoms with Crippen LogP contribution in [0.3, 0.4) is 0 Å². The fourth-order valence-electron chi connectivity index (χ4n) is 7.23. The summed E-state index contributed by atoms with van der Waals surface area (Å²) in [5, 5.41) is 0. The highest BCUT2D eigenvalue weighted by molar-refractivity contribution is 5.16. The maximum atomic E-state index is 6.90. The topological polar surface area (TPSA) is 99.9 Å². The predicted octanol–water partition coefficient (Wildman–Crippen LogP) is 8.13. The number of unbranched alkanes of at least 4 members (excludes halogenated alkanes) is 2. The molecule has 2 fully saturated rings. The van der Waals surface area contributed by atoms with E-state index < -0.39 is 42.5 Å². The van der Waals surface area contributed by atoms with E-state index in [1.54, 1.807) is 0 Å². The van der Waals surface area contributed by atoms with Crippen molar-refractivity contribution >= 4 is 0 Å². The predicted molar refractivity (Wildman–Crippen MR) is 212 cm³/mol. The molecule has 2 aliphatic heterocycles. The molecular weight excluding hydrogens is 695 g/mol. The molecule has 9 heteroatoms. The summed E-state index contributed by atoms with van der Waals surface area (Å²) < 4.78 is 53.0. The van der Waals surface area contributed by atoms with Crippen molar-refractivity contribution in [3.05, 3.63) is 144 Å². The minimum atomic E-state index is -0.855. The Morgan fingerprint density at radius 1 is 0.582 bits per heavy atom. The molecule has 2 heterocycles. The Labute approximate surface area is 327 Å². The van der Waals surface area contributed by atoms with Crippen molar-refractivity contribution in [2.45, 2.75) is 128 Å². The Balaban J connectivity index is 1.27. The van der Waals surface area contributed by atoms with E-state index in [0.717, 1.165) is 47.9 Å². The van der Waals surface area contributed by atoms with Gasteiger partial charge in [-0.2, -0.15) is 0 Å². The van der Waals surface area contributed by atoms with Gasteiger partial charge in [-0.05, 0) is 42.5 Å². The van der Waals surface area contributed by atoms with Crippen molar-refractivity contribution in [1.82, 2.24) is 0 Å². The molecule has 0 bridgehead atoms. The van der Waals surface area contributed by atoms with Gasteiger partial charge in [0.2, 0.25) is 0 Å². The zero-order valence-corrected chi connectivity index (χ0v) is 32.6. The first kappa shape index (κ1) is 41.2. The lowest BCUT2D eigenvalue weighted by Crippen LogP contribution is -2.62. The summed E-state index contributed by atoms with van der Waals surface area (Å²) in [7, 11) is 0. The second-order valence-corrected chi connectivity index (χ2v) is 15.0. The molecule has 4 aromatic carbocycles. The fraction of sp³-hybridized carbons (Fsp3) is 0.478. The van der Waals surface area contributed by atoms with Crippen molar-refractivity contribution in [2.75, 3.05) is 13.2 Å². The second kappa shape index (κ2) is 21.2. The van der Waals surface area contributed by atoms with Gasteiger partial charge in [0.05, 0.1) is 51.8 Å². The van der Waals surface area contributed by atoms with Crippen LogP contribution in [-0.2, 0) is 64.3 Å². The highest BCUT2D eigenvalue weighted by Gasteiger charge is 2.50. The molecule has 0 radical (unpaired) electrons. The van der Waals surface area contributed by atoms with E-state index in [1.165, 1.54) is 0 Å². The summed E-state index contributed by atoms with van der Waals surface area (Å²) in [6.45, 7) is 7.90. The molecule has 6 rings (SSSR count). The molecule has 9 nitrogen and oxygen atoms in total. The molecule has 0 spiro atoms. The molecule has 2 saturated heterocycles. The summed E-state index contributed by atoms with van der Waals surface area (Å²) in [6, 6.07) is 39.9. The van der Waals surface area contributed by atoms with Gasteiger partial charge in [0.15, 0.2) is 12.1 Å². The van der Waals surface area contributed by atoms with E-state index in [9.17, 15) is 0 Å². The van der Waals surface area contributed by atoms with Crippen LogP contribution in [0, 0.1) is 0 Å². The van der Waals surface area contributed by atoms with Crippen LogP contribution in [0.15, 0.2) is 121 Å². The lowest BCUT2D eigenvalue weighted by atomic mass is 9.97. The van der Waals surface area contributed by atoms with E-state index in [-0.39, 0.29) is 25.4 Å². The van der Waals surface area contributed by atoms with Crippen LogP contribution in [0.1, 0.15) is 68.7 Å². The number of hydrogen-bond acceptors (Lipinski definition) is 9. The minimum absolute atomic E-state index is 0.130. The van der Waals surface area contributed by atoms with Crippen molar-refractivity contribution in [2.24, 2.45) is 5.73 Å². The summed E-state index contributed by atoms with van der Waals surface area (Å²) >= 11 is 0. The first-order chi connectivity index (χ1) is 26.9. The van der Waals surface area contributed by atoms with Gasteiger partial charge < -0.3 is 43.6 Å². The zero-order valence-electron chi connectivity index (χ0n) is 32.6. The third-order valence-corrected chi connectivity index (χ3v) is 10.0. The van der Waals surface area contributed by atoms with Gasteiger partial charge in [0, 0.05) is 0 Å². The van der Waals surface area contributed by atoms with Crippen LogP contribution >= 0.6 is 0 Å². The smallest absolute Gasteiger partial charge is 0.187 e. The summed E-state index contributed by atoms with van der Waals surface area (Å²) in [5.41, 5.74) is 11.1. The van der Waals surface area contributed by atoms with Crippen LogP contribution in [0.25, 0.3) is 0 Å². The Hall–Kier alpha value is -3.48. The molecule has 5 unspecified atom stereocenters. The van der Waals surface area contributed by atoms with Crippen LogP contribution in [0.5, 0.6) is 0 Å². The van der Waals surface area contributed by atoms with Gasteiger partial charge in [-0.3, -0.25) is 0 Å². The monoisotopic (exact) mass is 753 g/mol. The molecule has 2 N–H and O–H groups in total. The highest BCUT2D eigenvalue weighted by atomic mass is 16.8. The SMILES string of the molecule is CCCCC[C@H]1OC(C)(C)O[C@H]1[C@@H](N)COC1OC(COCc2ccccc2)C(OCc2ccccc2)C(OCc2ccccc2)C1OCc1ccccc1. The molecule has 296 valence electrons. The van der Waals surface area contributed by atoms with Crippen LogP contribution in [-0.4, -0.2) is 68.0 Å². The number of hydrogen-bond donors (Lipinski definition) is 1.